The Morgan fingerprint density at radius 1 is 0.720 bits per heavy atom. The lowest BCUT2D eigenvalue weighted by molar-refractivity contribution is 0.293. The maximum Gasteiger partial charge on any atom is 0.123 e. The molecule has 1 nitrogen and oxygen atoms in total. The van der Waals surface area contributed by atoms with Gasteiger partial charge in [-0.3, -0.25) is 0 Å². The summed E-state index contributed by atoms with van der Waals surface area (Å²) in [5.74, 6) is -0.201. The Hall–Kier alpha value is -2.10. The molecular formula is C22H22FNS. The van der Waals surface area contributed by atoms with Crippen molar-refractivity contribution in [2.45, 2.75) is 16.2 Å². The fourth-order valence-electron chi connectivity index (χ4n) is 3.01. The molecule has 0 aliphatic carbocycles. The molecule has 25 heavy (non-hydrogen) atoms. The number of rotatable bonds is 6. The standard InChI is InChI=1S/C22H22FNS/c1-24(2)21(17-13-15-19(23)16-14-17)22(18-9-5-3-6-10-18)25-20-11-7-4-8-12-20/h3-16,21-22H,1-2H3. The Morgan fingerprint density at radius 2 is 1.28 bits per heavy atom. The quantitative estimate of drug-likeness (QED) is 0.504. The third-order valence-electron chi connectivity index (χ3n) is 4.19. The van der Waals surface area contributed by atoms with E-state index in [-0.39, 0.29) is 17.1 Å². The van der Waals surface area contributed by atoms with Gasteiger partial charge >= 0.3 is 0 Å². The predicted molar refractivity (Wildman–Crippen MR) is 104 cm³/mol. The first-order valence-corrected chi connectivity index (χ1v) is 9.21. The van der Waals surface area contributed by atoms with E-state index in [1.165, 1.54) is 10.5 Å². The fourth-order valence-corrected chi connectivity index (χ4v) is 4.44. The van der Waals surface area contributed by atoms with E-state index in [1.54, 1.807) is 12.1 Å². The van der Waals surface area contributed by atoms with Crippen LogP contribution in [-0.2, 0) is 0 Å². The molecule has 0 saturated heterocycles. The molecule has 0 amide bonds. The minimum Gasteiger partial charge on any atom is -0.301 e. The lowest BCUT2D eigenvalue weighted by Gasteiger charge is -2.33. The second-order valence-corrected chi connectivity index (χ2v) is 7.44. The van der Waals surface area contributed by atoms with Gasteiger partial charge in [0.25, 0.3) is 0 Å². The minimum atomic E-state index is -0.201. The molecule has 0 saturated carbocycles. The Kier molecular flexibility index (Phi) is 5.90. The molecule has 0 aromatic heterocycles. The van der Waals surface area contributed by atoms with Crippen molar-refractivity contribution in [3.63, 3.8) is 0 Å². The van der Waals surface area contributed by atoms with Crippen LogP contribution in [0.4, 0.5) is 4.39 Å². The molecule has 2 unspecified atom stereocenters. The monoisotopic (exact) mass is 351 g/mol. The number of benzene rings is 3. The molecule has 0 spiro atoms. The highest BCUT2D eigenvalue weighted by Crippen LogP contribution is 2.46. The van der Waals surface area contributed by atoms with Crippen LogP contribution in [0.2, 0.25) is 0 Å². The summed E-state index contributed by atoms with van der Waals surface area (Å²) in [5.41, 5.74) is 2.38. The molecule has 0 N–H and O–H groups in total. The molecule has 0 aliphatic heterocycles. The Balaban J connectivity index is 2.02. The molecule has 3 aromatic carbocycles. The minimum absolute atomic E-state index is 0.133. The van der Waals surface area contributed by atoms with Gasteiger partial charge in [-0.05, 0) is 49.5 Å². The molecule has 0 aliphatic rings. The highest BCUT2D eigenvalue weighted by Gasteiger charge is 2.27. The van der Waals surface area contributed by atoms with Gasteiger partial charge in [-0.15, -0.1) is 11.8 Å². The Bertz CT molecular complexity index is 772. The van der Waals surface area contributed by atoms with Crippen molar-refractivity contribution in [1.29, 1.82) is 0 Å². The van der Waals surface area contributed by atoms with Crippen LogP contribution in [-0.4, -0.2) is 19.0 Å². The van der Waals surface area contributed by atoms with Crippen LogP contribution in [0.1, 0.15) is 22.4 Å². The molecular weight excluding hydrogens is 329 g/mol. The average molecular weight is 351 g/mol. The summed E-state index contributed by atoms with van der Waals surface area (Å²) in [4.78, 5) is 3.44. The second kappa shape index (κ2) is 8.32. The molecule has 3 rings (SSSR count). The zero-order chi connectivity index (χ0) is 17.6. The molecule has 3 heteroatoms. The van der Waals surface area contributed by atoms with Gasteiger partial charge in [0.2, 0.25) is 0 Å². The van der Waals surface area contributed by atoms with Crippen LogP contribution in [0.15, 0.2) is 89.8 Å². The van der Waals surface area contributed by atoms with E-state index in [4.69, 9.17) is 0 Å². The van der Waals surface area contributed by atoms with Crippen LogP contribution in [0.25, 0.3) is 0 Å². The molecule has 3 aromatic rings. The number of thioether (sulfide) groups is 1. The molecule has 0 heterocycles. The van der Waals surface area contributed by atoms with Gasteiger partial charge in [-0.2, -0.15) is 0 Å². The van der Waals surface area contributed by atoms with Crippen molar-refractivity contribution in [3.05, 3.63) is 102 Å². The summed E-state index contributed by atoms with van der Waals surface area (Å²) in [6, 6.07) is 28.0. The largest absolute Gasteiger partial charge is 0.301 e. The van der Waals surface area contributed by atoms with Crippen LogP contribution < -0.4 is 0 Å². The van der Waals surface area contributed by atoms with Gasteiger partial charge in [0.1, 0.15) is 5.82 Å². The van der Waals surface area contributed by atoms with Crippen LogP contribution in [0, 0.1) is 5.82 Å². The number of likely N-dealkylation sites (N-methyl/N-ethyl adjacent to an activating group) is 1. The number of hydrogen-bond donors (Lipinski definition) is 0. The number of hydrogen-bond acceptors (Lipinski definition) is 2. The molecule has 0 fully saturated rings. The van der Waals surface area contributed by atoms with Crippen molar-refractivity contribution >= 4 is 11.8 Å². The first-order valence-electron chi connectivity index (χ1n) is 8.33. The van der Waals surface area contributed by atoms with Crippen molar-refractivity contribution in [2.24, 2.45) is 0 Å². The van der Waals surface area contributed by atoms with Crippen LogP contribution >= 0.6 is 11.8 Å². The molecule has 0 radical (unpaired) electrons. The lowest BCUT2D eigenvalue weighted by Crippen LogP contribution is -2.25. The molecule has 2 atom stereocenters. The van der Waals surface area contributed by atoms with Gasteiger partial charge in [0.15, 0.2) is 0 Å². The van der Waals surface area contributed by atoms with Crippen LogP contribution in [0.5, 0.6) is 0 Å². The first-order chi connectivity index (χ1) is 12.1. The van der Waals surface area contributed by atoms with Gasteiger partial charge < -0.3 is 4.90 Å². The van der Waals surface area contributed by atoms with Gasteiger partial charge in [0, 0.05) is 4.90 Å². The zero-order valence-electron chi connectivity index (χ0n) is 14.5. The summed E-state index contributed by atoms with van der Waals surface area (Å²) < 4.78 is 13.4. The molecule has 128 valence electrons. The summed E-state index contributed by atoms with van der Waals surface area (Å²) in [5, 5.41) is 0.198. The Labute approximate surface area is 153 Å². The highest BCUT2D eigenvalue weighted by atomic mass is 32.2. The van der Waals surface area contributed by atoms with Crippen LogP contribution in [0.3, 0.4) is 0 Å². The fraction of sp³-hybridized carbons (Fsp3) is 0.182. The van der Waals surface area contributed by atoms with Crippen molar-refractivity contribution in [2.75, 3.05) is 14.1 Å². The Morgan fingerprint density at radius 3 is 1.84 bits per heavy atom. The summed E-state index contributed by atoms with van der Waals surface area (Å²) in [6.45, 7) is 0. The van der Waals surface area contributed by atoms with E-state index in [2.05, 4.69) is 67.5 Å². The third-order valence-corrected chi connectivity index (χ3v) is 5.52. The third kappa shape index (κ3) is 4.50. The topological polar surface area (TPSA) is 3.24 Å². The first kappa shape index (κ1) is 17.7. The van der Waals surface area contributed by atoms with E-state index < -0.39 is 0 Å². The van der Waals surface area contributed by atoms with Crippen molar-refractivity contribution < 1.29 is 4.39 Å². The van der Waals surface area contributed by atoms with E-state index in [0.717, 1.165) is 5.56 Å². The normalized spacial score (nSPS) is 13.6. The SMILES string of the molecule is CN(C)C(c1ccc(F)cc1)C(Sc1ccccc1)c1ccccc1. The van der Waals surface area contributed by atoms with Crippen molar-refractivity contribution in [1.82, 2.24) is 4.90 Å². The molecule has 0 bridgehead atoms. The van der Waals surface area contributed by atoms with Gasteiger partial charge in [0.05, 0.1) is 11.3 Å². The van der Waals surface area contributed by atoms with E-state index in [1.807, 2.05) is 36.0 Å². The van der Waals surface area contributed by atoms with E-state index in [9.17, 15) is 4.39 Å². The smallest absolute Gasteiger partial charge is 0.123 e. The lowest BCUT2D eigenvalue weighted by atomic mass is 9.97. The second-order valence-electron chi connectivity index (χ2n) is 6.22. The van der Waals surface area contributed by atoms with E-state index in [0.29, 0.717) is 0 Å². The maximum absolute atomic E-state index is 13.4. The zero-order valence-corrected chi connectivity index (χ0v) is 15.3. The maximum atomic E-state index is 13.4. The highest BCUT2D eigenvalue weighted by molar-refractivity contribution is 7.99. The number of nitrogens with zero attached hydrogens (tertiary/aromatic N) is 1. The van der Waals surface area contributed by atoms with Crippen molar-refractivity contribution in [3.8, 4) is 0 Å². The van der Waals surface area contributed by atoms with Gasteiger partial charge in [-0.25, -0.2) is 4.39 Å². The van der Waals surface area contributed by atoms with Gasteiger partial charge in [-0.1, -0.05) is 60.7 Å². The number of halogens is 1. The van der Waals surface area contributed by atoms with E-state index >= 15 is 0 Å². The summed E-state index contributed by atoms with van der Waals surface area (Å²) in [6.07, 6.45) is 0. The summed E-state index contributed by atoms with van der Waals surface area (Å²) in [7, 11) is 4.16. The average Bonchev–Trinajstić information content (AvgIpc) is 2.64. The summed E-state index contributed by atoms with van der Waals surface area (Å²) >= 11 is 1.84. The predicted octanol–water partition coefficient (Wildman–Crippen LogP) is 5.96.